The third-order valence-corrected chi connectivity index (χ3v) is 6.23. The molecule has 2 N–H and O–H groups in total. The van der Waals surface area contributed by atoms with E-state index in [0.717, 1.165) is 5.56 Å². The highest BCUT2D eigenvalue weighted by atomic mass is 16.5. The smallest absolute Gasteiger partial charge is 0.408 e. The van der Waals surface area contributed by atoms with E-state index in [1.165, 1.54) is 9.70 Å². The van der Waals surface area contributed by atoms with Gasteiger partial charge in [-0.25, -0.2) is 4.79 Å². The number of ether oxygens (including phenoxy) is 1. The molecule has 1 aliphatic rings. The van der Waals surface area contributed by atoms with Gasteiger partial charge in [0.2, 0.25) is 23.4 Å². The number of aromatic nitrogens is 4. The van der Waals surface area contributed by atoms with Gasteiger partial charge in [0, 0.05) is 6.54 Å². The fourth-order valence-electron chi connectivity index (χ4n) is 4.19. The second-order valence-corrected chi connectivity index (χ2v) is 9.81. The van der Waals surface area contributed by atoms with E-state index in [-0.39, 0.29) is 30.2 Å². The third-order valence-electron chi connectivity index (χ3n) is 6.23. The number of nitrogens with one attached hydrogen (secondary N) is 2. The first-order valence-corrected chi connectivity index (χ1v) is 12.4. The van der Waals surface area contributed by atoms with Gasteiger partial charge in [-0.1, -0.05) is 58.0 Å². The number of nitrogens with zero attached hydrogens (tertiary/aromatic N) is 5. The molecule has 200 valence electrons. The Labute approximate surface area is 216 Å². The number of hydrogen-bond acceptors (Lipinski definition) is 8. The van der Waals surface area contributed by atoms with Crippen LogP contribution in [0.2, 0.25) is 0 Å². The highest BCUT2D eigenvalue weighted by molar-refractivity contribution is 6.00. The molecule has 1 aromatic carbocycles. The molecule has 1 saturated heterocycles. The van der Waals surface area contributed by atoms with Crippen LogP contribution in [0.1, 0.15) is 56.7 Å². The molecule has 0 aliphatic carbocycles. The normalized spacial score (nSPS) is 16.9. The molecule has 0 bridgehead atoms. The van der Waals surface area contributed by atoms with Gasteiger partial charge >= 0.3 is 6.09 Å². The lowest BCUT2D eigenvalue weighted by Gasteiger charge is -2.31. The van der Waals surface area contributed by atoms with Gasteiger partial charge in [-0.3, -0.25) is 14.4 Å². The first-order chi connectivity index (χ1) is 17.6. The largest absolute Gasteiger partial charge is 0.445 e. The Kier molecular flexibility index (Phi) is 9.31. The number of benzene rings is 1. The molecule has 3 unspecified atom stereocenters. The Morgan fingerprint density at radius 1 is 1.03 bits per heavy atom. The lowest BCUT2D eigenvalue weighted by Crippen LogP contribution is -2.57. The van der Waals surface area contributed by atoms with Crippen molar-refractivity contribution < 1.29 is 23.9 Å². The average Bonchev–Trinajstić information content (AvgIpc) is 3.53. The van der Waals surface area contributed by atoms with Crippen molar-refractivity contribution in [3.8, 4) is 0 Å². The van der Waals surface area contributed by atoms with Gasteiger partial charge in [0.1, 0.15) is 18.7 Å². The SMILES string of the molecule is CC(C)C(NC(=O)C1CCCN1C(=O)C(NC(=O)OCc1ccccc1)C(C)C)C(=O)c1nnn(C)n1. The van der Waals surface area contributed by atoms with Crippen LogP contribution in [0.15, 0.2) is 30.3 Å². The van der Waals surface area contributed by atoms with E-state index in [1.54, 1.807) is 20.9 Å². The van der Waals surface area contributed by atoms with Crippen molar-refractivity contribution in [2.45, 2.75) is 65.3 Å². The zero-order valence-corrected chi connectivity index (χ0v) is 21.9. The summed E-state index contributed by atoms with van der Waals surface area (Å²) in [4.78, 5) is 54.7. The molecule has 1 aliphatic heterocycles. The van der Waals surface area contributed by atoms with Crippen molar-refractivity contribution >= 4 is 23.7 Å². The number of tetrazole rings is 1. The Hall–Kier alpha value is -3.83. The van der Waals surface area contributed by atoms with Crippen LogP contribution >= 0.6 is 0 Å². The molecule has 1 fully saturated rings. The molecule has 2 heterocycles. The number of carbonyl (C=O) groups is 4. The van der Waals surface area contributed by atoms with Gasteiger partial charge in [0.25, 0.3) is 0 Å². The number of aryl methyl sites for hydroxylation is 1. The number of hydrogen-bond donors (Lipinski definition) is 2. The van der Waals surface area contributed by atoms with Crippen LogP contribution in [0.5, 0.6) is 0 Å². The zero-order chi connectivity index (χ0) is 27.1. The highest BCUT2D eigenvalue weighted by Crippen LogP contribution is 2.21. The van der Waals surface area contributed by atoms with Crippen molar-refractivity contribution in [2.75, 3.05) is 6.54 Å². The summed E-state index contributed by atoms with van der Waals surface area (Å²) in [6.07, 6.45) is 0.362. The third kappa shape index (κ3) is 7.11. The molecule has 0 saturated carbocycles. The van der Waals surface area contributed by atoms with Crippen LogP contribution in [-0.4, -0.2) is 73.5 Å². The van der Waals surface area contributed by atoms with Crippen LogP contribution in [-0.2, 0) is 28.0 Å². The molecule has 3 atom stereocenters. The van der Waals surface area contributed by atoms with Gasteiger partial charge in [0.05, 0.1) is 13.1 Å². The molecule has 1 aromatic heterocycles. The monoisotopic (exact) mass is 513 g/mol. The first kappa shape index (κ1) is 27.8. The first-order valence-electron chi connectivity index (χ1n) is 12.4. The number of ketones is 1. The number of likely N-dealkylation sites (tertiary alicyclic amines) is 1. The van der Waals surface area contributed by atoms with E-state index in [1.807, 2.05) is 44.2 Å². The van der Waals surface area contributed by atoms with Crippen molar-refractivity contribution in [1.82, 2.24) is 35.7 Å². The topological polar surface area (TPSA) is 148 Å². The summed E-state index contributed by atoms with van der Waals surface area (Å²) in [7, 11) is 1.55. The second-order valence-electron chi connectivity index (χ2n) is 9.81. The second kappa shape index (κ2) is 12.4. The molecular formula is C25H35N7O5. The summed E-state index contributed by atoms with van der Waals surface area (Å²) < 4.78 is 5.29. The predicted octanol–water partition coefficient (Wildman–Crippen LogP) is 1.48. The number of carbonyl (C=O) groups excluding carboxylic acids is 4. The molecular weight excluding hydrogens is 478 g/mol. The van der Waals surface area contributed by atoms with Crippen LogP contribution in [0, 0.1) is 11.8 Å². The molecule has 37 heavy (non-hydrogen) atoms. The lowest BCUT2D eigenvalue weighted by molar-refractivity contribution is -0.141. The van der Waals surface area contributed by atoms with E-state index >= 15 is 0 Å². The van der Waals surface area contributed by atoms with Crippen LogP contribution in [0.3, 0.4) is 0 Å². The fraction of sp³-hybridized carbons (Fsp3) is 0.560. The number of Topliss-reactive ketones (excluding diaryl/α,β-unsaturated/α-hetero) is 1. The van der Waals surface area contributed by atoms with Crippen molar-refractivity contribution in [1.29, 1.82) is 0 Å². The van der Waals surface area contributed by atoms with E-state index in [4.69, 9.17) is 4.74 Å². The average molecular weight is 514 g/mol. The summed E-state index contributed by atoms with van der Waals surface area (Å²) >= 11 is 0. The minimum absolute atomic E-state index is 0.0751. The minimum atomic E-state index is -0.874. The Morgan fingerprint density at radius 3 is 2.30 bits per heavy atom. The standard InChI is InChI=1S/C25H35N7O5/c1-15(2)19(21(33)22-28-30-31(5)29-22)26-23(34)18-12-9-13-32(18)24(35)20(16(3)4)27-25(36)37-14-17-10-7-6-8-11-17/h6-8,10-11,15-16,18-20H,9,12-14H2,1-5H3,(H,26,34)(H,27,36). The Balaban J connectivity index is 1.65. The lowest BCUT2D eigenvalue weighted by atomic mass is 9.98. The number of alkyl carbamates (subject to hydrolysis) is 1. The molecule has 12 nitrogen and oxygen atoms in total. The molecule has 0 spiro atoms. The Bertz CT molecular complexity index is 1100. The van der Waals surface area contributed by atoms with Crippen LogP contribution < -0.4 is 10.6 Å². The van der Waals surface area contributed by atoms with Crippen molar-refractivity contribution in [3.63, 3.8) is 0 Å². The van der Waals surface area contributed by atoms with E-state index in [2.05, 4.69) is 26.0 Å². The summed E-state index contributed by atoms with van der Waals surface area (Å²) in [6.45, 7) is 7.67. The number of amides is 3. The molecule has 12 heteroatoms. The Morgan fingerprint density at radius 2 is 1.70 bits per heavy atom. The van der Waals surface area contributed by atoms with Crippen molar-refractivity contribution in [2.24, 2.45) is 18.9 Å². The molecule has 3 rings (SSSR count). The van der Waals surface area contributed by atoms with Gasteiger partial charge in [-0.2, -0.15) is 4.80 Å². The highest BCUT2D eigenvalue weighted by Gasteiger charge is 2.40. The van der Waals surface area contributed by atoms with Crippen LogP contribution in [0.4, 0.5) is 4.79 Å². The van der Waals surface area contributed by atoms with Gasteiger partial charge in [-0.15, -0.1) is 10.2 Å². The van der Waals surface area contributed by atoms with Gasteiger partial charge in [-0.05, 0) is 35.5 Å². The molecule has 2 aromatic rings. The van der Waals surface area contributed by atoms with E-state index < -0.39 is 35.9 Å². The number of rotatable bonds is 10. The van der Waals surface area contributed by atoms with Gasteiger partial charge in [0.15, 0.2) is 0 Å². The summed E-state index contributed by atoms with van der Waals surface area (Å²) in [6, 6.07) is 6.71. The van der Waals surface area contributed by atoms with E-state index in [9.17, 15) is 19.2 Å². The maximum Gasteiger partial charge on any atom is 0.408 e. The summed E-state index contributed by atoms with van der Waals surface area (Å²) in [5.41, 5.74) is 0.826. The predicted molar refractivity (Wildman–Crippen MR) is 133 cm³/mol. The summed E-state index contributed by atoms with van der Waals surface area (Å²) in [5, 5.41) is 16.8. The zero-order valence-electron chi connectivity index (χ0n) is 21.9. The quantitative estimate of drug-likeness (QED) is 0.454. The van der Waals surface area contributed by atoms with Crippen molar-refractivity contribution in [3.05, 3.63) is 41.7 Å². The van der Waals surface area contributed by atoms with Gasteiger partial charge < -0.3 is 20.3 Å². The maximum absolute atomic E-state index is 13.5. The van der Waals surface area contributed by atoms with E-state index in [0.29, 0.717) is 19.4 Å². The fourth-order valence-corrected chi connectivity index (χ4v) is 4.19. The van der Waals surface area contributed by atoms with Crippen LogP contribution in [0.25, 0.3) is 0 Å². The molecule has 3 amide bonds. The minimum Gasteiger partial charge on any atom is -0.445 e. The maximum atomic E-state index is 13.5. The summed E-state index contributed by atoms with van der Waals surface area (Å²) in [5.74, 6) is -1.82. The molecule has 0 radical (unpaired) electrons.